The fraction of sp³-hybridized carbons (Fsp3) is 0.357. The highest BCUT2D eigenvalue weighted by molar-refractivity contribution is 7.16. The zero-order chi connectivity index (χ0) is 14.7. The van der Waals surface area contributed by atoms with E-state index in [1.54, 1.807) is 19.1 Å². The Morgan fingerprint density at radius 3 is 2.70 bits per heavy atom. The lowest BCUT2D eigenvalue weighted by atomic mass is 10.2. The summed E-state index contributed by atoms with van der Waals surface area (Å²) in [6, 6.07) is 5.38. The molecule has 5 nitrogen and oxygen atoms in total. The average molecular weight is 292 g/mol. The minimum Gasteiger partial charge on any atom is -0.462 e. The van der Waals surface area contributed by atoms with Gasteiger partial charge in [0.15, 0.2) is 4.80 Å². The summed E-state index contributed by atoms with van der Waals surface area (Å²) in [6.45, 7) is 6.25. The zero-order valence-electron chi connectivity index (χ0n) is 11.7. The summed E-state index contributed by atoms with van der Waals surface area (Å²) >= 11 is 1.39. The lowest BCUT2D eigenvalue weighted by Crippen LogP contribution is -2.14. The zero-order valence-corrected chi connectivity index (χ0v) is 12.5. The molecule has 1 aromatic heterocycles. The topological polar surface area (TPSA) is 60.7 Å². The first-order valence-electron chi connectivity index (χ1n) is 6.42. The molecule has 2 rings (SSSR count). The van der Waals surface area contributed by atoms with Gasteiger partial charge in [0.2, 0.25) is 5.91 Å². The second-order valence-corrected chi connectivity index (χ2v) is 5.17. The van der Waals surface area contributed by atoms with Gasteiger partial charge in [0, 0.05) is 13.5 Å². The molecule has 0 radical (unpaired) electrons. The predicted octanol–water partition coefficient (Wildman–Crippen LogP) is 2.35. The van der Waals surface area contributed by atoms with Gasteiger partial charge < -0.3 is 9.30 Å². The van der Waals surface area contributed by atoms with Crippen LogP contribution in [0.5, 0.6) is 0 Å². The van der Waals surface area contributed by atoms with E-state index in [2.05, 4.69) is 4.99 Å². The fourth-order valence-electron chi connectivity index (χ4n) is 1.94. The average Bonchev–Trinajstić information content (AvgIpc) is 2.74. The van der Waals surface area contributed by atoms with Crippen LogP contribution in [0, 0.1) is 0 Å². The summed E-state index contributed by atoms with van der Waals surface area (Å²) in [5, 5.41) is 0. The van der Waals surface area contributed by atoms with Gasteiger partial charge in [-0.2, -0.15) is 4.99 Å². The SMILES string of the molecule is CCOC(=O)c1ccc2c(c1)sc(=NC(C)=O)n2CC. The van der Waals surface area contributed by atoms with E-state index in [1.165, 1.54) is 18.3 Å². The van der Waals surface area contributed by atoms with Crippen LogP contribution in [0.25, 0.3) is 10.2 Å². The third kappa shape index (κ3) is 2.80. The van der Waals surface area contributed by atoms with E-state index in [4.69, 9.17) is 4.74 Å². The number of carbonyl (C=O) groups excluding carboxylic acids is 2. The number of amides is 1. The molecule has 0 saturated heterocycles. The van der Waals surface area contributed by atoms with Gasteiger partial charge >= 0.3 is 5.97 Å². The minimum absolute atomic E-state index is 0.232. The summed E-state index contributed by atoms with van der Waals surface area (Å²) in [4.78, 5) is 27.6. The Hall–Kier alpha value is -1.95. The number of benzene rings is 1. The number of fused-ring (bicyclic) bond motifs is 1. The molecule has 0 unspecified atom stereocenters. The molecule has 0 aliphatic heterocycles. The first-order chi connectivity index (χ1) is 9.56. The predicted molar refractivity (Wildman–Crippen MR) is 77.7 cm³/mol. The first kappa shape index (κ1) is 14.5. The van der Waals surface area contributed by atoms with E-state index in [0.29, 0.717) is 23.5 Å². The molecule has 0 atom stereocenters. The van der Waals surface area contributed by atoms with Crippen molar-refractivity contribution in [2.24, 2.45) is 4.99 Å². The number of ether oxygens (including phenoxy) is 1. The summed E-state index contributed by atoms with van der Waals surface area (Å²) in [6.07, 6.45) is 0. The molecule has 0 spiro atoms. The maximum absolute atomic E-state index is 11.7. The number of aromatic nitrogens is 1. The number of carbonyl (C=O) groups is 2. The van der Waals surface area contributed by atoms with Crippen LogP contribution in [0.15, 0.2) is 23.2 Å². The van der Waals surface area contributed by atoms with Crippen molar-refractivity contribution in [2.75, 3.05) is 6.61 Å². The second kappa shape index (κ2) is 6.00. The van der Waals surface area contributed by atoms with Crippen molar-refractivity contribution in [3.05, 3.63) is 28.6 Å². The third-order valence-corrected chi connectivity index (χ3v) is 3.80. The highest BCUT2D eigenvalue weighted by Gasteiger charge is 2.11. The van der Waals surface area contributed by atoms with Crippen LogP contribution in [0.1, 0.15) is 31.1 Å². The molecular weight excluding hydrogens is 276 g/mol. The maximum Gasteiger partial charge on any atom is 0.338 e. The number of rotatable bonds is 3. The molecule has 1 amide bonds. The number of thiazole rings is 1. The van der Waals surface area contributed by atoms with Crippen molar-refractivity contribution in [1.29, 1.82) is 0 Å². The molecule has 0 aliphatic carbocycles. The Kier molecular flexibility index (Phi) is 4.34. The first-order valence-corrected chi connectivity index (χ1v) is 7.24. The van der Waals surface area contributed by atoms with Crippen molar-refractivity contribution in [1.82, 2.24) is 4.57 Å². The van der Waals surface area contributed by atoms with Gasteiger partial charge in [0.05, 0.1) is 22.4 Å². The number of hydrogen-bond donors (Lipinski definition) is 0. The highest BCUT2D eigenvalue weighted by Crippen LogP contribution is 2.19. The lowest BCUT2D eigenvalue weighted by molar-refractivity contribution is -0.116. The molecule has 0 N–H and O–H groups in total. The van der Waals surface area contributed by atoms with Crippen LogP contribution in [0.2, 0.25) is 0 Å². The van der Waals surface area contributed by atoms with Gasteiger partial charge in [0.25, 0.3) is 0 Å². The summed E-state index contributed by atoms with van der Waals surface area (Å²) in [7, 11) is 0. The van der Waals surface area contributed by atoms with Gasteiger partial charge in [-0.15, -0.1) is 0 Å². The second-order valence-electron chi connectivity index (χ2n) is 4.16. The lowest BCUT2D eigenvalue weighted by Gasteiger charge is -2.03. The van der Waals surface area contributed by atoms with E-state index in [1.807, 2.05) is 17.6 Å². The van der Waals surface area contributed by atoms with E-state index in [9.17, 15) is 9.59 Å². The van der Waals surface area contributed by atoms with Crippen LogP contribution in [-0.4, -0.2) is 23.1 Å². The van der Waals surface area contributed by atoms with Gasteiger partial charge in [0.1, 0.15) is 0 Å². The molecule has 0 aliphatic rings. The summed E-state index contributed by atoms with van der Waals surface area (Å²) < 4.78 is 7.86. The normalized spacial score (nSPS) is 11.8. The van der Waals surface area contributed by atoms with Gasteiger partial charge in [-0.1, -0.05) is 11.3 Å². The van der Waals surface area contributed by atoms with Gasteiger partial charge in [-0.3, -0.25) is 4.79 Å². The maximum atomic E-state index is 11.7. The molecule has 6 heteroatoms. The molecule has 106 valence electrons. The van der Waals surface area contributed by atoms with Crippen LogP contribution in [0.4, 0.5) is 0 Å². The standard InChI is InChI=1S/C14H16N2O3S/c1-4-16-11-7-6-10(13(18)19-5-2)8-12(11)20-14(16)15-9(3)17/h6-8H,4-5H2,1-3H3. The van der Waals surface area contributed by atoms with Crippen LogP contribution >= 0.6 is 11.3 Å². The Morgan fingerprint density at radius 1 is 1.35 bits per heavy atom. The highest BCUT2D eigenvalue weighted by atomic mass is 32.1. The van der Waals surface area contributed by atoms with Gasteiger partial charge in [-0.05, 0) is 32.0 Å². The number of hydrogen-bond acceptors (Lipinski definition) is 4. The minimum atomic E-state index is -0.337. The molecule has 0 saturated carbocycles. The smallest absolute Gasteiger partial charge is 0.338 e. The molecule has 1 aromatic carbocycles. The largest absolute Gasteiger partial charge is 0.462 e. The molecule has 1 heterocycles. The fourth-order valence-corrected chi connectivity index (χ4v) is 3.12. The Morgan fingerprint density at radius 2 is 2.10 bits per heavy atom. The van der Waals surface area contributed by atoms with E-state index < -0.39 is 0 Å². The van der Waals surface area contributed by atoms with Gasteiger partial charge in [-0.25, -0.2) is 4.79 Å². The van der Waals surface area contributed by atoms with Crippen molar-refractivity contribution in [3.63, 3.8) is 0 Å². The monoisotopic (exact) mass is 292 g/mol. The Labute approximate surface area is 120 Å². The van der Waals surface area contributed by atoms with E-state index >= 15 is 0 Å². The molecular formula is C14H16N2O3S. The van der Waals surface area contributed by atoms with Crippen LogP contribution in [0.3, 0.4) is 0 Å². The van der Waals surface area contributed by atoms with Crippen molar-refractivity contribution < 1.29 is 14.3 Å². The Balaban J connectivity index is 2.60. The number of nitrogens with zero attached hydrogens (tertiary/aromatic N) is 2. The van der Waals surface area contributed by atoms with E-state index in [0.717, 1.165) is 10.2 Å². The van der Waals surface area contributed by atoms with Crippen LogP contribution < -0.4 is 4.80 Å². The van der Waals surface area contributed by atoms with Crippen LogP contribution in [-0.2, 0) is 16.1 Å². The molecule has 0 fully saturated rings. The number of aryl methyl sites for hydroxylation is 1. The summed E-state index contributed by atoms with van der Waals surface area (Å²) in [5.41, 5.74) is 1.48. The molecule has 2 aromatic rings. The third-order valence-electron chi connectivity index (χ3n) is 2.76. The quantitative estimate of drug-likeness (QED) is 0.816. The Bertz CT molecular complexity index is 728. The summed E-state index contributed by atoms with van der Waals surface area (Å²) in [5.74, 6) is -0.569. The molecule has 0 bridgehead atoms. The van der Waals surface area contributed by atoms with Crippen molar-refractivity contribution in [3.8, 4) is 0 Å². The molecule has 20 heavy (non-hydrogen) atoms. The number of esters is 1. The van der Waals surface area contributed by atoms with Crippen molar-refractivity contribution in [2.45, 2.75) is 27.3 Å². The van der Waals surface area contributed by atoms with E-state index in [-0.39, 0.29) is 11.9 Å². The van der Waals surface area contributed by atoms with Crippen molar-refractivity contribution >= 4 is 33.4 Å².